The molecule has 0 amide bonds. The highest BCUT2D eigenvalue weighted by Gasteiger charge is 2.43. The van der Waals surface area contributed by atoms with Gasteiger partial charge in [0.05, 0.1) is 25.2 Å². The molecular formula is C30H46N2O4. The van der Waals surface area contributed by atoms with E-state index in [0.29, 0.717) is 19.1 Å². The number of nitrogens with zero attached hydrogens (tertiary/aromatic N) is 1. The minimum Gasteiger partial charge on any atom is -0.481 e. The average molecular weight is 499 g/mol. The fourth-order valence-corrected chi connectivity index (χ4v) is 4.34. The maximum atomic E-state index is 10.5. The lowest BCUT2D eigenvalue weighted by Crippen LogP contribution is -2.26. The fourth-order valence-electron chi connectivity index (χ4n) is 4.34. The largest absolute Gasteiger partial charge is 0.481 e. The number of carboxylic acids is 1. The van der Waals surface area contributed by atoms with Crippen molar-refractivity contribution >= 4 is 5.97 Å². The van der Waals surface area contributed by atoms with Gasteiger partial charge < -0.3 is 19.9 Å². The average Bonchev–Trinajstić information content (AvgIpc) is 3.70. The first kappa shape index (κ1) is 29.8. The quantitative estimate of drug-likeness (QED) is 0.234. The SMILES string of the molecule is CCCCCCCCCCN[C@@H](COC)c1ccc(OCC)nc1.O=C(O)[C@H]1C[C@@H]1c1ccccc1. The van der Waals surface area contributed by atoms with Crippen LogP contribution in [0.5, 0.6) is 5.88 Å². The van der Waals surface area contributed by atoms with Crippen LogP contribution in [0.1, 0.15) is 94.7 Å². The number of aromatic nitrogens is 1. The first-order valence-corrected chi connectivity index (χ1v) is 13.7. The molecule has 1 aromatic heterocycles. The van der Waals surface area contributed by atoms with Gasteiger partial charge in [-0.2, -0.15) is 0 Å². The van der Waals surface area contributed by atoms with Gasteiger partial charge in [-0.15, -0.1) is 0 Å². The summed E-state index contributed by atoms with van der Waals surface area (Å²) in [7, 11) is 1.74. The van der Waals surface area contributed by atoms with Crippen LogP contribution in [0.15, 0.2) is 48.7 Å². The molecule has 0 unspecified atom stereocenters. The summed E-state index contributed by atoms with van der Waals surface area (Å²) >= 11 is 0. The van der Waals surface area contributed by atoms with Crippen molar-refractivity contribution < 1.29 is 19.4 Å². The molecule has 1 aliphatic carbocycles. The smallest absolute Gasteiger partial charge is 0.307 e. The number of nitrogens with one attached hydrogen (secondary N) is 1. The molecular weight excluding hydrogens is 452 g/mol. The molecule has 1 saturated carbocycles. The summed E-state index contributed by atoms with van der Waals surface area (Å²) in [5.74, 6) is 0.153. The number of hydrogen-bond donors (Lipinski definition) is 2. The Bertz CT molecular complexity index is 829. The predicted octanol–water partition coefficient (Wildman–Crippen LogP) is 6.77. The highest BCUT2D eigenvalue weighted by atomic mass is 16.5. The molecule has 1 heterocycles. The molecule has 1 aromatic carbocycles. The van der Waals surface area contributed by atoms with E-state index in [2.05, 4.69) is 23.3 Å². The van der Waals surface area contributed by atoms with Crippen molar-refractivity contribution in [2.24, 2.45) is 5.92 Å². The molecule has 0 saturated heterocycles. The molecule has 200 valence electrons. The zero-order valence-electron chi connectivity index (χ0n) is 22.5. The number of benzene rings is 1. The first-order chi connectivity index (χ1) is 17.6. The summed E-state index contributed by atoms with van der Waals surface area (Å²) < 4.78 is 10.7. The van der Waals surface area contributed by atoms with Gasteiger partial charge in [-0.3, -0.25) is 4.79 Å². The molecule has 0 spiro atoms. The summed E-state index contributed by atoms with van der Waals surface area (Å²) in [4.78, 5) is 14.9. The summed E-state index contributed by atoms with van der Waals surface area (Å²) in [6.07, 6.45) is 13.4. The van der Waals surface area contributed by atoms with Gasteiger partial charge in [-0.05, 0) is 43.4 Å². The van der Waals surface area contributed by atoms with Gasteiger partial charge in [0.1, 0.15) is 0 Å². The predicted molar refractivity (Wildman–Crippen MR) is 146 cm³/mol. The highest BCUT2D eigenvalue weighted by Crippen LogP contribution is 2.47. The van der Waals surface area contributed by atoms with E-state index in [1.165, 1.54) is 51.4 Å². The van der Waals surface area contributed by atoms with Gasteiger partial charge >= 0.3 is 5.97 Å². The van der Waals surface area contributed by atoms with Crippen molar-refractivity contribution in [2.75, 3.05) is 26.9 Å². The Morgan fingerprint density at radius 3 is 2.28 bits per heavy atom. The Hall–Kier alpha value is -2.44. The number of aliphatic carboxylic acids is 1. The van der Waals surface area contributed by atoms with Crippen LogP contribution in [-0.4, -0.2) is 42.9 Å². The molecule has 2 aromatic rings. The van der Waals surface area contributed by atoms with Crippen LogP contribution in [0.25, 0.3) is 0 Å². The number of pyridine rings is 1. The molecule has 1 aliphatic rings. The third-order valence-corrected chi connectivity index (χ3v) is 6.54. The van der Waals surface area contributed by atoms with Crippen LogP contribution in [-0.2, 0) is 9.53 Å². The van der Waals surface area contributed by atoms with E-state index in [1.807, 2.05) is 49.5 Å². The molecule has 0 bridgehead atoms. The zero-order chi connectivity index (χ0) is 26.0. The van der Waals surface area contributed by atoms with Crippen LogP contribution < -0.4 is 10.1 Å². The van der Waals surface area contributed by atoms with Crippen molar-refractivity contribution in [3.8, 4) is 5.88 Å². The van der Waals surface area contributed by atoms with Crippen molar-refractivity contribution in [1.29, 1.82) is 0 Å². The third kappa shape index (κ3) is 11.5. The van der Waals surface area contributed by atoms with E-state index in [1.54, 1.807) is 7.11 Å². The van der Waals surface area contributed by atoms with Crippen LogP contribution in [0.4, 0.5) is 0 Å². The van der Waals surface area contributed by atoms with Crippen molar-refractivity contribution in [3.63, 3.8) is 0 Å². The minimum absolute atomic E-state index is 0.132. The number of methoxy groups -OCH3 is 1. The lowest BCUT2D eigenvalue weighted by Gasteiger charge is -2.18. The molecule has 6 nitrogen and oxygen atoms in total. The van der Waals surface area contributed by atoms with E-state index in [-0.39, 0.29) is 17.9 Å². The zero-order valence-corrected chi connectivity index (χ0v) is 22.5. The molecule has 0 aliphatic heterocycles. The Balaban J connectivity index is 0.000000313. The second kappa shape index (κ2) is 17.9. The van der Waals surface area contributed by atoms with E-state index in [0.717, 1.165) is 24.1 Å². The third-order valence-electron chi connectivity index (χ3n) is 6.54. The van der Waals surface area contributed by atoms with Crippen molar-refractivity contribution in [3.05, 3.63) is 59.8 Å². The lowest BCUT2D eigenvalue weighted by molar-refractivity contribution is -0.138. The van der Waals surface area contributed by atoms with Gasteiger partial charge in [0.15, 0.2) is 0 Å². The standard InChI is InChI=1S/C20H36N2O2.C10H10O2/c1-4-6-7-8-9-10-11-12-15-21-19(17-23-3)18-13-14-20(22-16-18)24-5-2;11-10(12)9-6-8(9)7-4-2-1-3-5-7/h13-14,16,19,21H,4-12,15,17H2,1-3H3;1-5,8-9H,6H2,(H,11,12)/t19-;8-,9+/m01/s1. The summed E-state index contributed by atoms with van der Waals surface area (Å²) in [5, 5.41) is 12.3. The maximum Gasteiger partial charge on any atom is 0.307 e. The van der Waals surface area contributed by atoms with E-state index in [9.17, 15) is 4.79 Å². The maximum absolute atomic E-state index is 10.5. The van der Waals surface area contributed by atoms with Gasteiger partial charge in [-0.25, -0.2) is 4.98 Å². The molecule has 2 N–H and O–H groups in total. The van der Waals surface area contributed by atoms with Gasteiger partial charge in [-0.1, -0.05) is 88.3 Å². The summed E-state index contributed by atoms with van der Waals surface area (Å²) in [6.45, 7) is 6.56. The van der Waals surface area contributed by atoms with Crippen LogP contribution in [0, 0.1) is 5.92 Å². The number of hydrogen-bond acceptors (Lipinski definition) is 5. The molecule has 3 rings (SSSR count). The Morgan fingerprint density at radius 2 is 1.72 bits per heavy atom. The monoisotopic (exact) mass is 498 g/mol. The molecule has 0 radical (unpaired) electrons. The van der Waals surface area contributed by atoms with Gasteiger partial charge in [0.2, 0.25) is 5.88 Å². The highest BCUT2D eigenvalue weighted by molar-refractivity contribution is 5.75. The van der Waals surface area contributed by atoms with Gasteiger partial charge in [0.25, 0.3) is 0 Å². The Labute approximate surface area is 217 Å². The normalized spacial score (nSPS) is 17.1. The topological polar surface area (TPSA) is 80.7 Å². The number of rotatable bonds is 17. The lowest BCUT2D eigenvalue weighted by atomic mass is 10.1. The molecule has 6 heteroatoms. The minimum atomic E-state index is -0.663. The summed E-state index contributed by atoms with van der Waals surface area (Å²) in [5.41, 5.74) is 2.31. The van der Waals surface area contributed by atoms with E-state index in [4.69, 9.17) is 14.6 Å². The Morgan fingerprint density at radius 1 is 1.03 bits per heavy atom. The van der Waals surface area contributed by atoms with Crippen LogP contribution in [0.3, 0.4) is 0 Å². The fraction of sp³-hybridized carbons (Fsp3) is 0.600. The first-order valence-electron chi connectivity index (χ1n) is 13.7. The second-order valence-electron chi connectivity index (χ2n) is 9.50. The van der Waals surface area contributed by atoms with Gasteiger partial charge in [0, 0.05) is 19.4 Å². The number of carbonyl (C=O) groups is 1. The van der Waals surface area contributed by atoms with Crippen molar-refractivity contribution in [1.82, 2.24) is 10.3 Å². The number of unbranched alkanes of at least 4 members (excludes halogenated alkanes) is 7. The summed E-state index contributed by atoms with van der Waals surface area (Å²) in [6, 6.07) is 14.0. The molecule has 1 fully saturated rings. The second-order valence-corrected chi connectivity index (χ2v) is 9.50. The van der Waals surface area contributed by atoms with Crippen LogP contribution in [0.2, 0.25) is 0 Å². The van der Waals surface area contributed by atoms with Crippen LogP contribution >= 0.6 is 0 Å². The number of carboxylic acid groups (broad SMARTS) is 1. The molecule has 36 heavy (non-hydrogen) atoms. The van der Waals surface area contributed by atoms with Crippen molar-refractivity contribution in [2.45, 2.75) is 83.6 Å². The molecule has 3 atom stereocenters. The number of ether oxygens (including phenoxy) is 2. The Kier molecular flexibility index (Phi) is 14.8. The van der Waals surface area contributed by atoms with E-state index >= 15 is 0 Å². The van der Waals surface area contributed by atoms with E-state index < -0.39 is 5.97 Å².